The molecule has 1 aliphatic rings. The number of amides is 1. The monoisotopic (exact) mass is 398 g/mol. The minimum Gasteiger partial charge on any atom is -0.347 e. The molecule has 0 fully saturated rings. The van der Waals surface area contributed by atoms with E-state index in [1.807, 2.05) is 18.2 Å². The fraction of sp³-hybridized carbons (Fsp3) is 0.231. The zero-order chi connectivity index (χ0) is 14.1. The average molecular weight is 400 g/mol. The topological polar surface area (TPSA) is 69.8 Å². The molecular formula is C13H12Br2N4O. The summed E-state index contributed by atoms with van der Waals surface area (Å²) >= 11 is 6.87. The Morgan fingerprint density at radius 2 is 2.10 bits per heavy atom. The van der Waals surface area contributed by atoms with E-state index in [1.54, 1.807) is 6.33 Å². The Morgan fingerprint density at radius 3 is 2.85 bits per heavy atom. The molecule has 104 valence electrons. The van der Waals surface area contributed by atoms with Crippen LogP contribution in [0.4, 0.5) is 5.69 Å². The predicted molar refractivity (Wildman–Crippen MR) is 83.4 cm³/mol. The number of imidazole rings is 1. The van der Waals surface area contributed by atoms with Gasteiger partial charge in [0.2, 0.25) is 5.91 Å². The van der Waals surface area contributed by atoms with Gasteiger partial charge in [-0.1, -0.05) is 6.07 Å². The second kappa shape index (κ2) is 5.67. The average Bonchev–Trinajstić information content (AvgIpc) is 2.90. The molecule has 0 bridgehead atoms. The van der Waals surface area contributed by atoms with E-state index in [1.165, 1.54) is 0 Å². The number of carbonyl (C=O) groups excluding carboxylic acids is 1. The number of hydrogen-bond donors (Lipinski definition) is 3. The summed E-state index contributed by atoms with van der Waals surface area (Å²) < 4.78 is 1.69. The number of carbonyl (C=O) groups is 1. The molecule has 1 aliphatic heterocycles. The van der Waals surface area contributed by atoms with Crippen LogP contribution in [0, 0.1) is 0 Å². The number of aromatic nitrogens is 2. The number of nitrogens with zero attached hydrogens (tertiary/aromatic N) is 1. The Bertz CT molecular complexity index is 635. The quantitative estimate of drug-likeness (QED) is 0.726. The fourth-order valence-corrected chi connectivity index (χ4v) is 3.38. The third-order valence-electron chi connectivity index (χ3n) is 3.26. The highest BCUT2D eigenvalue weighted by molar-refractivity contribution is 9.11. The summed E-state index contributed by atoms with van der Waals surface area (Å²) in [6.07, 6.45) is 2.25. The van der Waals surface area contributed by atoms with Gasteiger partial charge in [0, 0.05) is 21.9 Å². The number of aromatic amines is 1. The molecule has 0 saturated carbocycles. The zero-order valence-electron chi connectivity index (χ0n) is 10.4. The number of para-hydroxylation sites is 1. The highest BCUT2D eigenvalue weighted by Gasteiger charge is 2.26. The van der Waals surface area contributed by atoms with Crippen molar-refractivity contribution in [3.63, 3.8) is 0 Å². The number of anilines is 1. The lowest BCUT2D eigenvalue weighted by molar-refractivity contribution is -0.118. The molecule has 3 N–H and O–H groups in total. The van der Waals surface area contributed by atoms with E-state index in [4.69, 9.17) is 0 Å². The number of rotatable bonds is 2. The van der Waals surface area contributed by atoms with Crippen LogP contribution in [-0.2, 0) is 17.8 Å². The summed E-state index contributed by atoms with van der Waals surface area (Å²) in [6.45, 7) is 0.630. The van der Waals surface area contributed by atoms with Gasteiger partial charge in [0.05, 0.1) is 29.4 Å². The van der Waals surface area contributed by atoms with Gasteiger partial charge in [0.1, 0.15) is 0 Å². The van der Waals surface area contributed by atoms with Crippen LogP contribution in [-0.4, -0.2) is 21.9 Å². The van der Waals surface area contributed by atoms with Gasteiger partial charge < -0.3 is 10.3 Å². The minimum atomic E-state index is -0.273. The van der Waals surface area contributed by atoms with Crippen LogP contribution in [0.1, 0.15) is 11.4 Å². The Morgan fingerprint density at radius 1 is 1.35 bits per heavy atom. The Labute approximate surface area is 132 Å². The molecule has 0 aliphatic carbocycles. The first-order valence-electron chi connectivity index (χ1n) is 6.14. The summed E-state index contributed by atoms with van der Waals surface area (Å²) in [5, 5.41) is 6.14. The molecule has 0 saturated heterocycles. The van der Waals surface area contributed by atoms with Gasteiger partial charge in [0.15, 0.2) is 0 Å². The van der Waals surface area contributed by atoms with Crippen molar-refractivity contribution in [3.8, 4) is 0 Å². The van der Waals surface area contributed by atoms with Gasteiger partial charge in [-0.2, -0.15) is 0 Å². The molecule has 1 aromatic carbocycles. The predicted octanol–water partition coefficient (Wildman–Crippen LogP) is 2.59. The molecule has 5 nitrogen and oxygen atoms in total. The normalized spacial score (nSPS) is 17.6. The minimum absolute atomic E-state index is 0.0637. The number of H-pyrrole nitrogens is 1. The van der Waals surface area contributed by atoms with E-state index >= 15 is 0 Å². The van der Waals surface area contributed by atoms with Crippen LogP contribution in [0.25, 0.3) is 0 Å². The summed E-state index contributed by atoms with van der Waals surface area (Å²) in [4.78, 5) is 19.7. The molecule has 20 heavy (non-hydrogen) atoms. The highest BCUT2D eigenvalue weighted by atomic mass is 79.9. The first-order chi connectivity index (χ1) is 9.65. The lowest BCUT2D eigenvalue weighted by Gasteiger charge is -2.22. The van der Waals surface area contributed by atoms with Gasteiger partial charge in [-0.15, -0.1) is 0 Å². The standard InChI is InChI=1S/C13H12Br2N4O/c14-7-2-1-3-8(15)12(7)19-13(20)10-4-9-11(5-16-10)18-6-17-9/h1-3,6,10,16H,4-5H2,(H,17,18)(H,19,20). The maximum Gasteiger partial charge on any atom is 0.241 e. The number of halogens is 2. The van der Waals surface area contributed by atoms with E-state index in [9.17, 15) is 4.79 Å². The van der Waals surface area contributed by atoms with Crippen molar-refractivity contribution in [3.05, 3.63) is 44.9 Å². The molecule has 7 heteroatoms. The Balaban J connectivity index is 1.75. The van der Waals surface area contributed by atoms with E-state index in [0.29, 0.717) is 13.0 Å². The second-order valence-electron chi connectivity index (χ2n) is 4.55. The Kier molecular flexibility index (Phi) is 3.91. The second-order valence-corrected chi connectivity index (χ2v) is 6.26. The van der Waals surface area contributed by atoms with Crippen molar-refractivity contribution in [1.29, 1.82) is 0 Å². The zero-order valence-corrected chi connectivity index (χ0v) is 13.6. The largest absolute Gasteiger partial charge is 0.347 e. The lowest BCUT2D eigenvalue weighted by Crippen LogP contribution is -2.44. The van der Waals surface area contributed by atoms with Gasteiger partial charge in [0.25, 0.3) is 0 Å². The first-order valence-corrected chi connectivity index (χ1v) is 7.73. The number of hydrogen-bond acceptors (Lipinski definition) is 3. The van der Waals surface area contributed by atoms with Crippen LogP contribution in [0.15, 0.2) is 33.5 Å². The van der Waals surface area contributed by atoms with Gasteiger partial charge in [-0.25, -0.2) is 4.98 Å². The molecule has 3 rings (SSSR count). The Hall–Kier alpha value is -1.18. The van der Waals surface area contributed by atoms with Crippen LogP contribution in [0.5, 0.6) is 0 Å². The molecule has 0 spiro atoms. The molecule has 2 heterocycles. The van der Waals surface area contributed by atoms with Crippen LogP contribution >= 0.6 is 31.9 Å². The number of nitrogens with one attached hydrogen (secondary N) is 3. The smallest absolute Gasteiger partial charge is 0.241 e. The molecule has 0 radical (unpaired) electrons. The fourth-order valence-electron chi connectivity index (χ4n) is 2.18. The van der Waals surface area contributed by atoms with Gasteiger partial charge >= 0.3 is 0 Å². The SMILES string of the molecule is O=C(Nc1c(Br)cccc1Br)C1Cc2nc[nH]c2CN1. The third-order valence-corrected chi connectivity index (χ3v) is 4.58. The van der Waals surface area contributed by atoms with Crippen molar-refractivity contribution in [2.24, 2.45) is 0 Å². The number of fused-ring (bicyclic) bond motifs is 1. The molecule has 1 unspecified atom stereocenters. The maximum absolute atomic E-state index is 12.4. The molecule has 2 aromatic rings. The van der Waals surface area contributed by atoms with Crippen LogP contribution in [0.2, 0.25) is 0 Å². The summed E-state index contributed by atoms with van der Waals surface area (Å²) in [7, 11) is 0. The van der Waals surface area contributed by atoms with E-state index < -0.39 is 0 Å². The molecule has 1 amide bonds. The summed E-state index contributed by atoms with van der Waals surface area (Å²) in [5.74, 6) is -0.0637. The van der Waals surface area contributed by atoms with E-state index in [2.05, 4.69) is 52.5 Å². The maximum atomic E-state index is 12.4. The van der Waals surface area contributed by atoms with Crippen LogP contribution < -0.4 is 10.6 Å². The first kappa shape index (κ1) is 13.8. The molecule has 1 aromatic heterocycles. The summed E-state index contributed by atoms with van der Waals surface area (Å²) in [6, 6.07) is 5.41. The van der Waals surface area contributed by atoms with Crippen molar-refractivity contribution in [2.75, 3.05) is 5.32 Å². The lowest BCUT2D eigenvalue weighted by atomic mass is 10.0. The van der Waals surface area contributed by atoms with E-state index in [-0.39, 0.29) is 11.9 Å². The molecular weight excluding hydrogens is 388 g/mol. The third kappa shape index (κ3) is 2.65. The van der Waals surface area contributed by atoms with Crippen molar-refractivity contribution < 1.29 is 4.79 Å². The summed E-state index contributed by atoms with van der Waals surface area (Å²) in [5.41, 5.74) is 2.75. The van der Waals surface area contributed by atoms with E-state index in [0.717, 1.165) is 26.0 Å². The number of benzene rings is 1. The van der Waals surface area contributed by atoms with Gasteiger partial charge in [-0.05, 0) is 44.0 Å². The van der Waals surface area contributed by atoms with Crippen LogP contribution in [0.3, 0.4) is 0 Å². The van der Waals surface area contributed by atoms with Crippen molar-refractivity contribution in [2.45, 2.75) is 19.0 Å². The van der Waals surface area contributed by atoms with Gasteiger partial charge in [-0.3, -0.25) is 10.1 Å². The van der Waals surface area contributed by atoms with Crippen molar-refractivity contribution >= 4 is 43.5 Å². The highest BCUT2D eigenvalue weighted by Crippen LogP contribution is 2.30. The van der Waals surface area contributed by atoms with Crippen molar-refractivity contribution in [1.82, 2.24) is 15.3 Å². The molecule has 1 atom stereocenters.